The first-order valence-corrected chi connectivity index (χ1v) is 6.08. The minimum atomic E-state index is -0.653. The van der Waals surface area contributed by atoms with Crippen LogP contribution in [0.3, 0.4) is 0 Å². The quantitative estimate of drug-likeness (QED) is 0.838. The molecule has 0 amide bonds. The van der Waals surface area contributed by atoms with E-state index in [-0.39, 0.29) is 5.78 Å². The maximum atomic E-state index is 12.0. The van der Waals surface area contributed by atoms with E-state index in [2.05, 4.69) is 0 Å². The van der Waals surface area contributed by atoms with Crippen molar-refractivity contribution >= 4 is 17.4 Å². The van der Waals surface area contributed by atoms with Gasteiger partial charge in [0.2, 0.25) is 0 Å². The Morgan fingerprint density at radius 3 is 2.65 bits per heavy atom. The first kappa shape index (κ1) is 12.6. The number of carbonyl (C=O) groups is 1. The molecule has 92 valence electrons. The molecule has 4 heteroatoms. The van der Waals surface area contributed by atoms with Crippen molar-refractivity contribution in [2.75, 3.05) is 19.6 Å². The van der Waals surface area contributed by atoms with Gasteiger partial charge in [0.1, 0.15) is 0 Å². The molecule has 1 saturated heterocycles. The topological polar surface area (TPSA) is 40.5 Å². The molecule has 1 heterocycles. The molecule has 1 aliphatic heterocycles. The van der Waals surface area contributed by atoms with Crippen LogP contribution in [0, 0.1) is 0 Å². The summed E-state index contributed by atoms with van der Waals surface area (Å²) in [4.78, 5) is 13.9. The summed E-state index contributed by atoms with van der Waals surface area (Å²) in [5, 5.41) is 10.4. The fourth-order valence-corrected chi connectivity index (χ4v) is 2.23. The van der Waals surface area contributed by atoms with Crippen molar-refractivity contribution in [2.45, 2.75) is 18.9 Å². The SMILES string of the molecule is CC1(O)CCN(CC(=O)c2ccc(Cl)cc2)C1. The number of β-amino-alcohol motifs (C(OH)–C–C–N with tert-alkyl or cyclic N) is 1. The van der Waals surface area contributed by atoms with E-state index in [1.54, 1.807) is 31.2 Å². The number of nitrogens with zero attached hydrogens (tertiary/aromatic N) is 1. The zero-order valence-electron chi connectivity index (χ0n) is 9.82. The van der Waals surface area contributed by atoms with Crippen molar-refractivity contribution in [1.82, 2.24) is 4.90 Å². The van der Waals surface area contributed by atoms with Crippen molar-refractivity contribution in [3.05, 3.63) is 34.9 Å². The normalized spacial score (nSPS) is 25.1. The van der Waals surface area contributed by atoms with Gasteiger partial charge in [0.25, 0.3) is 0 Å². The number of halogens is 1. The molecule has 0 radical (unpaired) electrons. The Labute approximate surface area is 106 Å². The van der Waals surface area contributed by atoms with Gasteiger partial charge in [-0.3, -0.25) is 9.69 Å². The van der Waals surface area contributed by atoms with Crippen LogP contribution >= 0.6 is 11.6 Å². The van der Waals surface area contributed by atoms with Crippen molar-refractivity contribution in [3.8, 4) is 0 Å². The highest BCUT2D eigenvalue weighted by molar-refractivity contribution is 6.30. The summed E-state index contributed by atoms with van der Waals surface area (Å²) in [6.45, 7) is 3.50. The van der Waals surface area contributed by atoms with Gasteiger partial charge in [-0.15, -0.1) is 0 Å². The molecule has 1 unspecified atom stereocenters. The van der Waals surface area contributed by atoms with Crippen LogP contribution < -0.4 is 0 Å². The zero-order chi connectivity index (χ0) is 12.5. The van der Waals surface area contributed by atoms with Crippen LogP contribution in [-0.4, -0.2) is 41.0 Å². The van der Waals surface area contributed by atoms with Crippen molar-refractivity contribution in [1.29, 1.82) is 0 Å². The Morgan fingerprint density at radius 2 is 2.12 bits per heavy atom. The van der Waals surface area contributed by atoms with Gasteiger partial charge >= 0.3 is 0 Å². The molecule has 1 aromatic carbocycles. The smallest absolute Gasteiger partial charge is 0.176 e. The number of aliphatic hydroxyl groups is 1. The maximum Gasteiger partial charge on any atom is 0.176 e. The Hall–Kier alpha value is -0.900. The number of hydrogen-bond donors (Lipinski definition) is 1. The molecule has 1 fully saturated rings. The molecule has 0 aromatic heterocycles. The standard InChI is InChI=1S/C13H16ClNO2/c1-13(17)6-7-15(9-13)8-12(16)10-2-4-11(14)5-3-10/h2-5,17H,6-9H2,1H3. The summed E-state index contributed by atoms with van der Waals surface area (Å²) in [6.07, 6.45) is 0.723. The first-order chi connectivity index (χ1) is 7.96. The van der Waals surface area contributed by atoms with Crippen LogP contribution in [0.25, 0.3) is 0 Å². The van der Waals surface area contributed by atoms with E-state index in [1.165, 1.54) is 0 Å². The van der Waals surface area contributed by atoms with Crippen LogP contribution in [0.15, 0.2) is 24.3 Å². The average Bonchev–Trinajstić information content (AvgIpc) is 2.59. The van der Waals surface area contributed by atoms with Crippen molar-refractivity contribution in [3.63, 3.8) is 0 Å². The van der Waals surface area contributed by atoms with Gasteiger partial charge in [-0.2, -0.15) is 0 Å². The van der Waals surface area contributed by atoms with E-state index >= 15 is 0 Å². The predicted octanol–water partition coefficient (Wildman–Crippen LogP) is 1.98. The van der Waals surface area contributed by atoms with E-state index in [0.29, 0.717) is 23.7 Å². The van der Waals surface area contributed by atoms with E-state index in [4.69, 9.17) is 11.6 Å². The van der Waals surface area contributed by atoms with Crippen LogP contribution in [0.4, 0.5) is 0 Å². The minimum absolute atomic E-state index is 0.0689. The summed E-state index contributed by atoms with van der Waals surface area (Å²) in [5.74, 6) is 0.0689. The molecule has 2 rings (SSSR count). The molecule has 0 aliphatic carbocycles. The van der Waals surface area contributed by atoms with Gasteiger partial charge in [-0.1, -0.05) is 11.6 Å². The lowest BCUT2D eigenvalue weighted by Crippen LogP contribution is -2.33. The summed E-state index contributed by atoms with van der Waals surface area (Å²) in [6, 6.07) is 6.90. The Kier molecular flexibility index (Phi) is 3.52. The lowest BCUT2D eigenvalue weighted by atomic mass is 10.1. The highest BCUT2D eigenvalue weighted by Crippen LogP contribution is 2.20. The number of hydrogen-bond acceptors (Lipinski definition) is 3. The summed E-state index contributed by atoms with van der Waals surface area (Å²) < 4.78 is 0. The Bertz CT molecular complexity index is 414. The number of rotatable bonds is 3. The van der Waals surface area contributed by atoms with Gasteiger partial charge in [-0.05, 0) is 37.6 Å². The van der Waals surface area contributed by atoms with Crippen LogP contribution in [-0.2, 0) is 0 Å². The average molecular weight is 254 g/mol. The zero-order valence-corrected chi connectivity index (χ0v) is 10.6. The van der Waals surface area contributed by atoms with E-state index in [9.17, 15) is 9.90 Å². The van der Waals surface area contributed by atoms with Gasteiger partial charge < -0.3 is 5.11 Å². The largest absolute Gasteiger partial charge is 0.389 e. The lowest BCUT2D eigenvalue weighted by Gasteiger charge is -2.18. The molecule has 3 nitrogen and oxygen atoms in total. The number of ketones is 1. The van der Waals surface area contributed by atoms with Crippen LogP contribution in [0.2, 0.25) is 5.02 Å². The van der Waals surface area contributed by atoms with Crippen molar-refractivity contribution < 1.29 is 9.90 Å². The lowest BCUT2D eigenvalue weighted by molar-refractivity contribution is 0.0669. The second-order valence-electron chi connectivity index (χ2n) is 4.89. The molecule has 1 atom stereocenters. The fraction of sp³-hybridized carbons (Fsp3) is 0.462. The third-order valence-electron chi connectivity index (χ3n) is 3.06. The Morgan fingerprint density at radius 1 is 1.47 bits per heavy atom. The van der Waals surface area contributed by atoms with E-state index in [0.717, 1.165) is 13.0 Å². The highest BCUT2D eigenvalue weighted by Gasteiger charge is 2.32. The monoisotopic (exact) mass is 253 g/mol. The predicted molar refractivity (Wildman–Crippen MR) is 67.5 cm³/mol. The molecule has 0 spiro atoms. The number of carbonyl (C=O) groups excluding carboxylic acids is 1. The molecule has 0 bridgehead atoms. The first-order valence-electron chi connectivity index (χ1n) is 5.70. The number of benzene rings is 1. The molecule has 0 saturated carbocycles. The van der Waals surface area contributed by atoms with Crippen LogP contribution in [0.1, 0.15) is 23.7 Å². The maximum absolute atomic E-state index is 12.0. The van der Waals surface area contributed by atoms with Gasteiger partial charge in [0.05, 0.1) is 12.1 Å². The van der Waals surface area contributed by atoms with Crippen molar-refractivity contribution in [2.24, 2.45) is 0 Å². The second kappa shape index (κ2) is 4.77. The van der Waals surface area contributed by atoms with E-state index in [1.807, 2.05) is 4.90 Å². The fourth-order valence-electron chi connectivity index (χ4n) is 2.10. The summed E-state index contributed by atoms with van der Waals surface area (Å²) in [7, 11) is 0. The highest BCUT2D eigenvalue weighted by atomic mass is 35.5. The molecule has 1 aromatic rings. The van der Waals surface area contributed by atoms with E-state index < -0.39 is 5.60 Å². The second-order valence-corrected chi connectivity index (χ2v) is 5.32. The van der Waals surface area contributed by atoms with Gasteiger partial charge in [0, 0.05) is 23.7 Å². The molecular formula is C13H16ClNO2. The molecule has 1 N–H and O–H groups in total. The molecule has 17 heavy (non-hydrogen) atoms. The van der Waals surface area contributed by atoms with Gasteiger partial charge in [0.15, 0.2) is 5.78 Å². The molecular weight excluding hydrogens is 238 g/mol. The Balaban J connectivity index is 1.96. The summed E-state index contributed by atoms with van der Waals surface area (Å²) >= 11 is 5.77. The van der Waals surface area contributed by atoms with Crippen LogP contribution in [0.5, 0.6) is 0 Å². The van der Waals surface area contributed by atoms with Gasteiger partial charge in [-0.25, -0.2) is 0 Å². The summed E-state index contributed by atoms with van der Waals surface area (Å²) in [5.41, 5.74) is 0.0150. The minimum Gasteiger partial charge on any atom is -0.389 e. The molecule has 1 aliphatic rings. The third kappa shape index (κ3) is 3.28. The number of likely N-dealkylation sites (tertiary alicyclic amines) is 1. The number of Topliss-reactive ketones (excluding diaryl/α,β-unsaturated/α-hetero) is 1. The third-order valence-corrected chi connectivity index (χ3v) is 3.32.